The minimum Gasteiger partial charge on any atom is -0.494 e. The SMILES string of the molecule is CCOc1ccc2c(OC3CC4C(=O)NC5(C(=O)NS(=O)O)CC5C=CCCC(C)CC(C)C(NC(=O)OC(C)(C)C)C(=O)N4C3)nccc2c1. The van der Waals surface area contributed by atoms with Gasteiger partial charge in [0.1, 0.15) is 35.1 Å². The van der Waals surface area contributed by atoms with Crippen molar-refractivity contribution >= 4 is 45.9 Å². The summed E-state index contributed by atoms with van der Waals surface area (Å²) in [5, 5.41) is 7.18. The van der Waals surface area contributed by atoms with E-state index in [2.05, 4.69) is 22.5 Å². The molecule has 14 nitrogen and oxygen atoms in total. The third-order valence-corrected chi connectivity index (χ3v) is 9.92. The Hall–Kier alpha value is -4.24. The Morgan fingerprint density at radius 3 is 2.65 bits per heavy atom. The minimum atomic E-state index is -2.65. The number of aromatic nitrogens is 1. The predicted molar refractivity (Wildman–Crippen MR) is 190 cm³/mol. The summed E-state index contributed by atoms with van der Waals surface area (Å²) in [4.78, 5) is 61.0. The standard InChI is InChI=1S/C36H49N5O9S/c1-7-48-25-12-13-27-23(17-25)14-15-37-31(27)49-26-18-28-30(42)39-36(33(44)40-51(46)47)19-24(36)11-9-8-10-21(2)16-22(3)29(32(43)41(28)20-26)38-34(45)50-35(4,5)6/h9,11-15,17,21-22,24,26,28-29H,7-8,10,16,18-20H2,1-6H3,(H,38,45)(H,39,42)(H,40,44)(H,46,47). The molecule has 3 heterocycles. The van der Waals surface area contributed by atoms with Crippen LogP contribution in [-0.2, 0) is 30.4 Å². The summed E-state index contributed by atoms with van der Waals surface area (Å²) in [5.41, 5.74) is -2.28. The summed E-state index contributed by atoms with van der Waals surface area (Å²) >= 11 is -2.65. The van der Waals surface area contributed by atoms with E-state index in [-0.39, 0.29) is 31.2 Å². The van der Waals surface area contributed by atoms with E-state index in [0.717, 1.165) is 11.8 Å². The second-order valence-electron chi connectivity index (χ2n) is 14.8. The van der Waals surface area contributed by atoms with Gasteiger partial charge in [-0.2, -0.15) is 0 Å². The molecule has 5 rings (SSSR count). The zero-order valence-corrected chi connectivity index (χ0v) is 30.8. The first-order chi connectivity index (χ1) is 24.1. The first-order valence-electron chi connectivity index (χ1n) is 17.5. The van der Waals surface area contributed by atoms with Crippen LogP contribution in [0.1, 0.15) is 73.6 Å². The maximum Gasteiger partial charge on any atom is 0.408 e. The van der Waals surface area contributed by atoms with Crippen molar-refractivity contribution in [3.63, 3.8) is 0 Å². The monoisotopic (exact) mass is 727 g/mol. The first kappa shape index (κ1) is 38.0. The van der Waals surface area contributed by atoms with E-state index in [9.17, 15) is 27.9 Å². The Balaban J connectivity index is 1.50. The molecule has 0 bridgehead atoms. The first-order valence-corrected chi connectivity index (χ1v) is 18.6. The van der Waals surface area contributed by atoms with Gasteiger partial charge < -0.3 is 29.7 Å². The van der Waals surface area contributed by atoms with Gasteiger partial charge >= 0.3 is 6.09 Å². The number of allylic oxidation sites excluding steroid dienone is 1. The number of hydrogen-bond acceptors (Lipinski definition) is 9. The van der Waals surface area contributed by atoms with Crippen molar-refractivity contribution in [3.8, 4) is 11.6 Å². The highest BCUT2D eigenvalue weighted by atomic mass is 32.2. The van der Waals surface area contributed by atoms with Crippen LogP contribution >= 0.6 is 0 Å². The molecule has 1 aliphatic carbocycles. The molecule has 4 amide bonds. The summed E-state index contributed by atoms with van der Waals surface area (Å²) in [6.45, 7) is 11.6. The summed E-state index contributed by atoms with van der Waals surface area (Å²) in [7, 11) is 0. The lowest BCUT2D eigenvalue weighted by Gasteiger charge is -2.33. The molecule has 2 aromatic rings. The molecule has 1 saturated heterocycles. The number of pyridine rings is 1. The summed E-state index contributed by atoms with van der Waals surface area (Å²) in [5.74, 6) is -1.47. The molecule has 278 valence electrons. The number of hydrogen-bond donors (Lipinski definition) is 4. The number of carbonyl (C=O) groups excluding carboxylic acids is 4. The van der Waals surface area contributed by atoms with Crippen LogP contribution in [0.4, 0.5) is 4.79 Å². The number of alkyl carbamates (subject to hydrolysis) is 1. The number of rotatable bonds is 7. The Kier molecular flexibility index (Phi) is 11.6. The largest absolute Gasteiger partial charge is 0.494 e. The zero-order chi connectivity index (χ0) is 37.1. The Bertz CT molecular complexity index is 1700. The number of amides is 4. The molecule has 2 aliphatic heterocycles. The van der Waals surface area contributed by atoms with Crippen LogP contribution in [0.3, 0.4) is 0 Å². The number of carbonyl (C=O) groups is 4. The fourth-order valence-electron chi connectivity index (χ4n) is 7.06. The van der Waals surface area contributed by atoms with Crippen molar-refractivity contribution in [1.82, 2.24) is 25.2 Å². The molecule has 1 aromatic carbocycles. The van der Waals surface area contributed by atoms with E-state index in [1.54, 1.807) is 27.0 Å². The minimum absolute atomic E-state index is 0.00995. The van der Waals surface area contributed by atoms with Crippen LogP contribution < -0.4 is 24.8 Å². The molecule has 0 radical (unpaired) electrons. The third-order valence-electron chi connectivity index (χ3n) is 9.56. The normalized spacial score (nSPS) is 29.0. The highest BCUT2D eigenvalue weighted by Crippen LogP contribution is 2.46. The highest BCUT2D eigenvalue weighted by Gasteiger charge is 2.61. The van der Waals surface area contributed by atoms with E-state index >= 15 is 0 Å². The molecule has 1 aromatic heterocycles. The second-order valence-corrected chi connectivity index (χ2v) is 15.5. The number of fused-ring (bicyclic) bond motifs is 3. The van der Waals surface area contributed by atoms with Gasteiger partial charge in [-0.25, -0.2) is 18.7 Å². The molecule has 8 atom stereocenters. The van der Waals surface area contributed by atoms with Crippen LogP contribution in [0.25, 0.3) is 10.8 Å². The van der Waals surface area contributed by atoms with Crippen molar-refractivity contribution < 1.29 is 42.2 Å². The van der Waals surface area contributed by atoms with E-state index in [1.807, 2.05) is 55.0 Å². The van der Waals surface area contributed by atoms with Gasteiger partial charge in [-0.1, -0.05) is 26.0 Å². The molecule has 8 unspecified atom stereocenters. The molecule has 2 fully saturated rings. The fraction of sp³-hybridized carbons (Fsp3) is 0.583. The quantitative estimate of drug-likeness (QED) is 0.240. The van der Waals surface area contributed by atoms with Crippen molar-refractivity contribution in [2.24, 2.45) is 17.8 Å². The van der Waals surface area contributed by atoms with Gasteiger partial charge in [-0.3, -0.25) is 18.9 Å². The average molecular weight is 728 g/mol. The van der Waals surface area contributed by atoms with Crippen molar-refractivity contribution in [2.45, 2.75) is 103 Å². The smallest absolute Gasteiger partial charge is 0.408 e. The Labute approximate surface area is 300 Å². The number of ether oxygens (including phenoxy) is 3. The molecule has 15 heteroatoms. The second kappa shape index (κ2) is 15.6. The van der Waals surface area contributed by atoms with Crippen molar-refractivity contribution in [3.05, 3.63) is 42.6 Å². The van der Waals surface area contributed by atoms with Gasteiger partial charge in [0.25, 0.3) is 17.2 Å². The van der Waals surface area contributed by atoms with Gasteiger partial charge in [-0.15, -0.1) is 0 Å². The molecule has 4 N–H and O–H groups in total. The van der Waals surface area contributed by atoms with Crippen LogP contribution in [0, 0.1) is 17.8 Å². The summed E-state index contributed by atoms with van der Waals surface area (Å²) in [6, 6.07) is 5.23. The van der Waals surface area contributed by atoms with Crippen LogP contribution in [0.5, 0.6) is 11.6 Å². The molecule has 51 heavy (non-hydrogen) atoms. The van der Waals surface area contributed by atoms with E-state index in [4.69, 9.17) is 14.2 Å². The topological polar surface area (TPSA) is 185 Å². The maximum atomic E-state index is 14.6. The van der Waals surface area contributed by atoms with Gasteiger partial charge in [0.15, 0.2) is 0 Å². The number of nitrogens with one attached hydrogen (secondary N) is 3. The van der Waals surface area contributed by atoms with Gasteiger partial charge in [0.2, 0.25) is 17.7 Å². The lowest BCUT2D eigenvalue weighted by atomic mass is 9.88. The van der Waals surface area contributed by atoms with Gasteiger partial charge in [0.05, 0.1) is 13.2 Å². The fourth-order valence-corrected chi connectivity index (χ4v) is 7.40. The van der Waals surface area contributed by atoms with E-state index < -0.39 is 70.3 Å². The zero-order valence-electron chi connectivity index (χ0n) is 30.0. The van der Waals surface area contributed by atoms with E-state index in [0.29, 0.717) is 36.5 Å². The predicted octanol–water partition coefficient (Wildman–Crippen LogP) is 4.02. The van der Waals surface area contributed by atoms with E-state index in [1.165, 1.54) is 4.90 Å². The number of benzene rings is 1. The lowest BCUT2D eigenvalue weighted by molar-refractivity contribution is -0.142. The summed E-state index contributed by atoms with van der Waals surface area (Å²) in [6.07, 6.45) is 6.31. The van der Waals surface area contributed by atoms with Crippen molar-refractivity contribution in [2.75, 3.05) is 13.2 Å². The van der Waals surface area contributed by atoms with Gasteiger partial charge in [0, 0.05) is 23.9 Å². The lowest BCUT2D eigenvalue weighted by Crippen LogP contribution is -2.59. The summed E-state index contributed by atoms with van der Waals surface area (Å²) < 4.78 is 40.6. The molecule has 0 spiro atoms. The third kappa shape index (κ3) is 9.17. The molecular formula is C36H49N5O9S. The molecular weight excluding hydrogens is 678 g/mol. The van der Waals surface area contributed by atoms with Gasteiger partial charge in [-0.05, 0) is 94.9 Å². The number of nitrogens with zero attached hydrogens (tertiary/aromatic N) is 2. The van der Waals surface area contributed by atoms with Crippen LogP contribution in [-0.4, -0.2) is 84.9 Å². The van der Waals surface area contributed by atoms with Crippen molar-refractivity contribution in [1.29, 1.82) is 0 Å². The Morgan fingerprint density at radius 1 is 1.18 bits per heavy atom. The molecule has 3 aliphatic rings. The van der Waals surface area contributed by atoms with Crippen LogP contribution in [0.15, 0.2) is 42.6 Å². The highest BCUT2D eigenvalue weighted by molar-refractivity contribution is 7.77. The van der Waals surface area contributed by atoms with Crippen LogP contribution in [0.2, 0.25) is 0 Å². The maximum absolute atomic E-state index is 14.6. The molecule has 1 saturated carbocycles. The Morgan fingerprint density at radius 2 is 1.94 bits per heavy atom. The average Bonchev–Trinajstić information content (AvgIpc) is 3.57.